The maximum atomic E-state index is 16.6. The Labute approximate surface area is 205 Å². The number of hydrogen-bond donors (Lipinski definition) is 2. The Morgan fingerprint density at radius 1 is 1.17 bits per heavy atom. The first-order chi connectivity index (χ1) is 16.4. The summed E-state index contributed by atoms with van der Waals surface area (Å²) in [7, 11) is -4.01. The molecule has 5 rings (SSSR count). The second-order valence-electron chi connectivity index (χ2n) is 10.5. The summed E-state index contributed by atoms with van der Waals surface area (Å²) in [5.74, 6) is -2.72. The quantitative estimate of drug-likeness (QED) is 0.466. The zero-order valence-corrected chi connectivity index (χ0v) is 20.5. The van der Waals surface area contributed by atoms with E-state index in [0.29, 0.717) is 19.3 Å². The summed E-state index contributed by atoms with van der Waals surface area (Å²) in [5, 5.41) is 15.2. The van der Waals surface area contributed by atoms with Crippen LogP contribution in [0.3, 0.4) is 0 Å². The van der Waals surface area contributed by atoms with Crippen LogP contribution in [0.15, 0.2) is 60.0 Å². The Hall–Kier alpha value is -2.71. The molecule has 2 unspecified atom stereocenters. The van der Waals surface area contributed by atoms with Crippen LogP contribution in [0.2, 0.25) is 0 Å². The number of carbonyl (C=O) groups excluding carboxylic acids is 1. The molecule has 0 spiro atoms. The lowest BCUT2D eigenvalue weighted by molar-refractivity contribution is -0.194. The highest BCUT2D eigenvalue weighted by atomic mass is 32.2. The van der Waals surface area contributed by atoms with E-state index >= 15 is 4.39 Å². The molecular weight excluding hydrogens is 469 g/mol. The molecule has 8 heteroatoms. The van der Waals surface area contributed by atoms with Gasteiger partial charge in [0.25, 0.3) is 5.85 Å². The number of aryl methyl sites for hydroxylation is 1. The number of primary sulfonamides is 1. The summed E-state index contributed by atoms with van der Waals surface area (Å²) in [6.07, 6.45) is 5.44. The normalized spacial score (nSPS) is 33.8. The van der Waals surface area contributed by atoms with E-state index in [1.54, 1.807) is 6.07 Å². The molecule has 5 atom stereocenters. The second-order valence-corrected chi connectivity index (χ2v) is 12.0. The number of sulfonamides is 1. The molecule has 2 saturated carbocycles. The number of aromatic hydroxyl groups is 1. The number of allylic oxidation sites excluding steroid dienone is 1. The van der Waals surface area contributed by atoms with Gasteiger partial charge in [0.15, 0.2) is 0 Å². The molecule has 0 aromatic heterocycles. The van der Waals surface area contributed by atoms with Crippen molar-refractivity contribution >= 4 is 16.0 Å². The monoisotopic (exact) mass is 499 g/mol. The number of ether oxygens (including phenoxy) is 1. The van der Waals surface area contributed by atoms with Crippen LogP contribution in [-0.4, -0.2) is 25.3 Å². The van der Waals surface area contributed by atoms with Gasteiger partial charge in [0.1, 0.15) is 5.75 Å². The van der Waals surface area contributed by atoms with Crippen LogP contribution in [0.25, 0.3) is 0 Å². The van der Waals surface area contributed by atoms with Gasteiger partial charge in [-0.1, -0.05) is 25.1 Å². The largest absolute Gasteiger partial charge is 0.508 e. The van der Waals surface area contributed by atoms with Crippen molar-refractivity contribution in [1.29, 1.82) is 0 Å². The number of phenolic OH excluding ortho intramolecular Hbond substituents is 1. The summed E-state index contributed by atoms with van der Waals surface area (Å²) >= 11 is 0. The van der Waals surface area contributed by atoms with Gasteiger partial charge in [0.05, 0.1) is 10.5 Å². The second kappa shape index (κ2) is 7.90. The number of nitrogens with two attached hydrogens (primary N) is 1. The first-order valence-electron chi connectivity index (χ1n) is 11.9. The zero-order valence-electron chi connectivity index (χ0n) is 19.7. The van der Waals surface area contributed by atoms with Crippen LogP contribution >= 0.6 is 0 Å². The number of rotatable bonds is 4. The van der Waals surface area contributed by atoms with E-state index < -0.39 is 27.3 Å². The highest BCUT2D eigenvalue weighted by Gasteiger charge is 2.67. The van der Waals surface area contributed by atoms with Crippen molar-refractivity contribution < 1.29 is 27.4 Å². The number of esters is 1. The molecule has 2 aromatic carbocycles. The summed E-state index contributed by atoms with van der Waals surface area (Å²) < 4.78 is 45.5. The molecule has 2 aromatic rings. The van der Waals surface area contributed by atoms with E-state index in [1.165, 1.54) is 18.2 Å². The van der Waals surface area contributed by atoms with Crippen LogP contribution in [0.1, 0.15) is 60.5 Å². The van der Waals surface area contributed by atoms with E-state index in [2.05, 4.69) is 6.58 Å². The number of alkyl halides is 1. The molecule has 3 N–H and O–H groups in total. The fourth-order valence-corrected chi connectivity index (χ4v) is 7.69. The summed E-state index contributed by atoms with van der Waals surface area (Å²) in [4.78, 5) is 12.7. The SMILES string of the molecule is C=C[C@]12CC[C@@]3(C)C(CC[C@@]3(F)OC(=O)c3cccc(S(N)(=O)=O)c3)C1CCc1cc(O)ccc12. The molecule has 35 heavy (non-hydrogen) atoms. The molecule has 0 amide bonds. The summed E-state index contributed by atoms with van der Waals surface area (Å²) in [6, 6.07) is 10.7. The Kier molecular flexibility index (Phi) is 5.42. The van der Waals surface area contributed by atoms with Gasteiger partial charge in [0.2, 0.25) is 10.0 Å². The van der Waals surface area contributed by atoms with Crippen molar-refractivity contribution in [3.8, 4) is 5.75 Å². The van der Waals surface area contributed by atoms with Crippen LogP contribution in [0.4, 0.5) is 4.39 Å². The van der Waals surface area contributed by atoms with Gasteiger partial charge in [-0.25, -0.2) is 18.4 Å². The van der Waals surface area contributed by atoms with E-state index in [9.17, 15) is 18.3 Å². The van der Waals surface area contributed by atoms with Gasteiger partial charge in [-0.2, -0.15) is 4.39 Å². The summed E-state index contributed by atoms with van der Waals surface area (Å²) in [6.45, 7) is 6.04. The third-order valence-corrected chi connectivity index (χ3v) is 9.90. The van der Waals surface area contributed by atoms with Crippen molar-refractivity contribution in [3.63, 3.8) is 0 Å². The Morgan fingerprint density at radius 3 is 2.66 bits per heavy atom. The third kappa shape index (κ3) is 3.52. The predicted octanol–water partition coefficient (Wildman–Crippen LogP) is 4.76. The van der Waals surface area contributed by atoms with Crippen LogP contribution < -0.4 is 5.14 Å². The molecule has 0 heterocycles. The Morgan fingerprint density at radius 2 is 1.94 bits per heavy atom. The van der Waals surface area contributed by atoms with Crippen molar-refractivity contribution in [2.75, 3.05) is 0 Å². The minimum atomic E-state index is -4.01. The first kappa shape index (κ1) is 24.0. The van der Waals surface area contributed by atoms with Gasteiger partial charge < -0.3 is 9.84 Å². The predicted molar refractivity (Wildman–Crippen MR) is 129 cm³/mol. The highest BCUT2D eigenvalue weighted by Crippen LogP contribution is 2.67. The minimum absolute atomic E-state index is 0.0234. The average molecular weight is 500 g/mol. The van der Waals surface area contributed by atoms with E-state index in [4.69, 9.17) is 9.88 Å². The lowest BCUT2D eigenvalue weighted by Crippen LogP contribution is -2.55. The van der Waals surface area contributed by atoms with E-state index in [1.807, 2.05) is 25.1 Å². The third-order valence-electron chi connectivity index (χ3n) is 8.99. The lowest BCUT2D eigenvalue weighted by Gasteiger charge is -2.56. The zero-order chi connectivity index (χ0) is 25.2. The molecule has 2 fully saturated rings. The molecule has 0 saturated heterocycles. The van der Waals surface area contributed by atoms with Gasteiger partial charge >= 0.3 is 5.97 Å². The molecule has 3 aliphatic carbocycles. The minimum Gasteiger partial charge on any atom is -0.508 e. The standard InChI is InChI=1S/C27H30FNO5S/c1-3-26-14-13-25(2)22(23(26)9-7-17-15-19(30)8-10-21(17)26)11-12-27(25,28)34-24(31)18-5-4-6-20(16-18)35(29,32)33/h3-6,8,10,15-16,22-23,30H,1,7,9,11-14H2,2H3,(H2,29,32,33)/t22?,23?,25-,26+,27+/m0/s1. The van der Waals surface area contributed by atoms with E-state index in [-0.39, 0.29) is 39.9 Å². The fraction of sp³-hybridized carbons (Fsp3) is 0.444. The van der Waals surface area contributed by atoms with Crippen molar-refractivity contribution in [3.05, 3.63) is 71.8 Å². The molecular formula is C27H30FNO5S. The number of halogens is 1. The van der Waals surface area contributed by atoms with Crippen molar-refractivity contribution in [2.45, 2.75) is 61.6 Å². The highest BCUT2D eigenvalue weighted by molar-refractivity contribution is 7.89. The van der Waals surface area contributed by atoms with E-state index in [0.717, 1.165) is 30.0 Å². The van der Waals surface area contributed by atoms with Gasteiger partial charge in [-0.3, -0.25) is 0 Å². The number of phenols is 1. The first-order valence-corrected chi connectivity index (χ1v) is 13.5. The smallest absolute Gasteiger partial charge is 0.340 e. The Balaban J connectivity index is 1.46. The maximum absolute atomic E-state index is 16.6. The van der Waals surface area contributed by atoms with Gasteiger partial charge in [-0.05, 0) is 85.4 Å². The topological polar surface area (TPSA) is 107 Å². The number of benzene rings is 2. The lowest BCUT2D eigenvalue weighted by atomic mass is 9.48. The fourth-order valence-electron chi connectivity index (χ4n) is 7.13. The maximum Gasteiger partial charge on any atom is 0.340 e. The van der Waals surface area contributed by atoms with Gasteiger partial charge in [0, 0.05) is 17.3 Å². The molecule has 0 bridgehead atoms. The van der Waals surface area contributed by atoms with Crippen LogP contribution in [0.5, 0.6) is 5.75 Å². The number of fused-ring (bicyclic) bond motifs is 5. The Bertz CT molecular complexity index is 1330. The van der Waals surface area contributed by atoms with Crippen LogP contribution in [-0.2, 0) is 26.6 Å². The van der Waals surface area contributed by atoms with Crippen molar-refractivity contribution in [2.24, 2.45) is 22.4 Å². The van der Waals surface area contributed by atoms with Crippen molar-refractivity contribution in [1.82, 2.24) is 0 Å². The summed E-state index contributed by atoms with van der Waals surface area (Å²) in [5.41, 5.74) is 1.01. The molecule has 0 radical (unpaired) electrons. The molecule has 186 valence electrons. The molecule has 6 nitrogen and oxygen atoms in total. The molecule has 0 aliphatic heterocycles. The number of carbonyl (C=O) groups is 1. The van der Waals surface area contributed by atoms with Gasteiger partial charge in [-0.15, -0.1) is 6.58 Å². The van der Waals surface area contributed by atoms with Crippen LogP contribution in [0, 0.1) is 17.3 Å². The average Bonchev–Trinajstić information content (AvgIpc) is 3.08. The molecule has 3 aliphatic rings. The number of hydrogen-bond acceptors (Lipinski definition) is 5.